The van der Waals surface area contributed by atoms with Gasteiger partial charge >= 0.3 is 17.9 Å². The SMILES string of the molecule is CCOC(=O)/C(CS/C(C(=O)OC)=C(\S)C(=O)OC)=C(/S)c1ccccc1. The minimum absolute atomic E-state index is 0.0120. The molecule has 0 saturated carbocycles. The molecule has 0 saturated heterocycles. The number of ether oxygens (including phenoxy) is 3. The number of carbonyl (C=O) groups is 3. The molecular weight excluding hydrogens is 408 g/mol. The lowest BCUT2D eigenvalue weighted by atomic mass is 10.1. The number of thiol groups is 2. The van der Waals surface area contributed by atoms with Crippen molar-refractivity contribution >= 4 is 59.8 Å². The monoisotopic (exact) mass is 428 g/mol. The lowest BCUT2D eigenvalue weighted by molar-refractivity contribution is -0.138. The van der Waals surface area contributed by atoms with Crippen LogP contribution in [-0.4, -0.2) is 44.5 Å². The zero-order valence-corrected chi connectivity index (χ0v) is 17.7. The van der Waals surface area contributed by atoms with Crippen LogP contribution in [0.2, 0.25) is 0 Å². The fraction of sp³-hybridized carbons (Fsp3) is 0.278. The van der Waals surface area contributed by atoms with E-state index >= 15 is 0 Å². The molecule has 0 unspecified atom stereocenters. The van der Waals surface area contributed by atoms with Crippen LogP contribution >= 0.6 is 37.0 Å². The number of rotatable bonds is 8. The second kappa shape index (κ2) is 11.8. The molecule has 0 N–H and O–H groups in total. The first-order valence-electron chi connectivity index (χ1n) is 7.74. The van der Waals surface area contributed by atoms with E-state index in [9.17, 15) is 14.4 Å². The Balaban J connectivity index is 3.27. The van der Waals surface area contributed by atoms with Gasteiger partial charge in [-0.2, -0.15) is 0 Å². The molecule has 6 nitrogen and oxygen atoms in total. The van der Waals surface area contributed by atoms with Gasteiger partial charge in [0.2, 0.25) is 0 Å². The van der Waals surface area contributed by atoms with Crippen LogP contribution in [0.5, 0.6) is 0 Å². The molecule has 0 radical (unpaired) electrons. The molecule has 0 fully saturated rings. The van der Waals surface area contributed by atoms with E-state index in [1.807, 2.05) is 18.2 Å². The Morgan fingerprint density at radius 1 is 0.963 bits per heavy atom. The van der Waals surface area contributed by atoms with Crippen molar-refractivity contribution in [3.63, 3.8) is 0 Å². The molecule has 146 valence electrons. The summed E-state index contributed by atoms with van der Waals surface area (Å²) in [6.45, 7) is 1.87. The van der Waals surface area contributed by atoms with Gasteiger partial charge in [-0.15, -0.1) is 37.0 Å². The lowest BCUT2D eigenvalue weighted by Crippen LogP contribution is -2.14. The number of methoxy groups -OCH3 is 2. The number of hydrogen-bond acceptors (Lipinski definition) is 9. The quantitative estimate of drug-likeness (QED) is 0.285. The molecular formula is C18H20O6S3. The van der Waals surface area contributed by atoms with Crippen LogP contribution in [0.15, 0.2) is 45.7 Å². The van der Waals surface area contributed by atoms with E-state index in [2.05, 4.69) is 34.7 Å². The number of carbonyl (C=O) groups excluding carboxylic acids is 3. The molecule has 0 bridgehead atoms. The summed E-state index contributed by atoms with van der Waals surface area (Å²) in [6, 6.07) is 9.04. The van der Waals surface area contributed by atoms with E-state index < -0.39 is 17.9 Å². The lowest BCUT2D eigenvalue weighted by Gasteiger charge is -2.13. The van der Waals surface area contributed by atoms with Gasteiger partial charge < -0.3 is 14.2 Å². The van der Waals surface area contributed by atoms with Crippen LogP contribution in [0, 0.1) is 0 Å². The minimum Gasteiger partial charge on any atom is -0.465 e. The summed E-state index contributed by atoms with van der Waals surface area (Å²) in [5.74, 6) is -2.11. The summed E-state index contributed by atoms with van der Waals surface area (Å²) in [4.78, 5) is 36.2. The normalized spacial score (nSPS) is 12.5. The Hall–Kier alpha value is -1.84. The summed E-state index contributed by atoms with van der Waals surface area (Å²) in [5, 5.41) is 0. The molecule has 0 amide bonds. The summed E-state index contributed by atoms with van der Waals surface area (Å²) < 4.78 is 14.4. The first-order valence-corrected chi connectivity index (χ1v) is 9.62. The molecule has 1 rings (SSSR count). The van der Waals surface area contributed by atoms with Gasteiger partial charge in [0.1, 0.15) is 9.81 Å². The summed E-state index contributed by atoms with van der Waals surface area (Å²) in [5.41, 5.74) is 0.955. The van der Waals surface area contributed by atoms with Gasteiger partial charge in [0.05, 0.1) is 26.4 Å². The van der Waals surface area contributed by atoms with Crippen LogP contribution in [-0.2, 0) is 28.6 Å². The molecule has 0 spiro atoms. The molecule has 1 aromatic carbocycles. The third-order valence-electron chi connectivity index (χ3n) is 3.18. The van der Waals surface area contributed by atoms with E-state index in [1.54, 1.807) is 19.1 Å². The van der Waals surface area contributed by atoms with E-state index in [-0.39, 0.29) is 27.7 Å². The minimum atomic E-state index is -0.790. The Kier molecular flexibility index (Phi) is 10.1. The second-order valence-electron chi connectivity index (χ2n) is 4.86. The highest BCUT2D eigenvalue weighted by Gasteiger charge is 2.24. The van der Waals surface area contributed by atoms with Crippen LogP contribution in [0.1, 0.15) is 12.5 Å². The van der Waals surface area contributed by atoms with Crippen LogP contribution < -0.4 is 0 Å². The van der Waals surface area contributed by atoms with E-state index in [0.29, 0.717) is 10.5 Å². The molecule has 0 heterocycles. The van der Waals surface area contributed by atoms with Crippen molar-refractivity contribution in [3.8, 4) is 0 Å². The average Bonchev–Trinajstić information content (AvgIpc) is 2.70. The van der Waals surface area contributed by atoms with Crippen molar-refractivity contribution in [1.29, 1.82) is 0 Å². The maximum absolute atomic E-state index is 12.4. The fourth-order valence-corrected chi connectivity index (χ4v) is 3.64. The fourth-order valence-electron chi connectivity index (χ4n) is 1.86. The van der Waals surface area contributed by atoms with E-state index in [0.717, 1.165) is 11.8 Å². The van der Waals surface area contributed by atoms with Crippen molar-refractivity contribution < 1.29 is 28.6 Å². The summed E-state index contributed by atoms with van der Waals surface area (Å²) in [6.07, 6.45) is 0. The average molecular weight is 429 g/mol. The van der Waals surface area contributed by atoms with Gasteiger partial charge in [-0.25, -0.2) is 14.4 Å². The number of benzene rings is 1. The number of thioether (sulfide) groups is 1. The summed E-state index contributed by atoms with van der Waals surface area (Å²) >= 11 is 9.41. The smallest absolute Gasteiger partial charge is 0.345 e. The predicted octanol–water partition coefficient (Wildman–Crippen LogP) is 3.11. The molecule has 0 aliphatic rings. The predicted molar refractivity (Wildman–Crippen MR) is 111 cm³/mol. The van der Waals surface area contributed by atoms with Crippen LogP contribution in [0.25, 0.3) is 4.91 Å². The third kappa shape index (κ3) is 6.67. The van der Waals surface area contributed by atoms with Crippen molar-refractivity contribution in [2.24, 2.45) is 0 Å². The zero-order chi connectivity index (χ0) is 20.4. The highest BCUT2D eigenvalue weighted by Crippen LogP contribution is 2.31. The van der Waals surface area contributed by atoms with Gasteiger partial charge in [-0.05, 0) is 12.5 Å². The first-order chi connectivity index (χ1) is 12.9. The van der Waals surface area contributed by atoms with Gasteiger partial charge in [0.15, 0.2) is 0 Å². The number of hydrogen-bond donors (Lipinski definition) is 2. The first kappa shape index (κ1) is 23.2. The molecule has 0 aliphatic carbocycles. The Labute approximate surface area is 173 Å². The van der Waals surface area contributed by atoms with Gasteiger partial charge in [0, 0.05) is 10.7 Å². The topological polar surface area (TPSA) is 78.9 Å². The third-order valence-corrected chi connectivity index (χ3v) is 5.36. The van der Waals surface area contributed by atoms with Crippen LogP contribution in [0.4, 0.5) is 0 Å². The zero-order valence-electron chi connectivity index (χ0n) is 15.1. The largest absolute Gasteiger partial charge is 0.465 e. The second-order valence-corrected chi connectivity index (χ2v) is 6.74. The van der Waals surface area contributed by atoms with E-state index in [1.165, 1.54) is 14.2 Å². The molecule has 27 heavy (non-hydrogen) atoms. The summed E-state index contributed by atoms with van der Waals surface area (Å²) in [7, 11) is 2.35. The number of esters is 3. The highest BCUT2D eigenvalue weighted by molar-refractivity contribution is 8.05. The Bertz CT molecular complexity index is 756. The Morgan fingerprint density at radius 2 is 1.56 bits per heavy atom. The maximum atomic E-state index is 12.4. The molecule has 9 heteroatoms. The standard InChI is InChI=1S/C18H20O6S3/c1-4-24-16(19)12(13(25)11-8-6-5-7-9-11)10-27-15(18(21)23-3)14(26)17(20)22-2/h5-9,25-26H,4,10H2,1-3H3/b13-12+,15-14-. The van der Waals surface area contributed by atoms with Gasteiger partial charge in [-0.3, -0.25) is 0 Å². The van der Waals surface area contributed by atoms with Crippen molar-refractivity contribution in [2.45, 2.75) is 6.92 Å². The van der Waals surface area contributed by atoms with Gasteiger partial charge in [-0.1, -0.05) is 30.3 Å². The Morgan fingerprint density at radius 3 is 2.07 bits per heavy atom. The van der Waals surface area contributed by atoms with E-state index in [4.69, 9.17) is 4.74 Å². The van der Waals surface area contributed by atoms with Crippen molar-refractivity contribution in [2.75, 3.05) is 26.6 Å². The van der Waals surface area contributed by atoms with Crippen LogP contribution in [0.3, 0.4) is 0 Å². The van der Waals surface area contributed by atoms with Crippen molar-refractivity contribution in [1.82, 2.24) is 0 Å². The van der Waals surface area contributed by atoms with Gasteiger partial charge in [0.25, 0.3) is 0 Å². The van der Waals surface area contributed by atoms with Crippen molar-refractivity contribution in [3.05, 3.63) is 51.3 Å². The molecule has 0 atom stereocenters. The highest BCUT2D eigenvalue weighted by atomic mass is 32.2. The molecule has 1 aromatic rings. The molecule has 0 aromatic heterocycles. The molecule has 0 aliphatic heterocycles. The maximum Gasteiger partial charge on any atom is 0.345 e.